The molecule has 1 aromatic carbocycles. The molecule has 0 unspecified atom stereocenters. The van der Waals surface area contributed by atoms with Crippen LogP contribution in [0.15, 0.2) is 24.3 Å². The summed E-state index contributed by atoms with van der Waals surface area (Å²) in [5.41, 5.74) is 7.57. The standard InChI is InChI=1S/C16H22N2OS2/c1-18(15(19)10-12-5-7-21-8-6-12)11-13-3-2-4-14(9-13)16(17)20/h2-4,9,12H,5-8,10-11H2,1H3,(H2,17,20). The molecule has 0 aromatic heterocycles. The number of carbonyl (C=O) groups is 1. The van der Waals surface area contributed by atoms with Crippen LogP contribution >= 0.6 is 24.0 Å². The maximum Gasteiger partial charge on any atom is 0.222 e. The first-order valence-corrected chi connectivity index (χ1v) is 8.83. The SMILES string of the molecule is CN(Cc1cccc(C(N)=S)c1)C(=O)CC1CCSCC1. The average Bonchev–Trinajstić information content (AvgIpc) is 2.48. The molecule has 0 radical (unpaired) electrons. The number of thioether (sulfide) groups is 1. The zero-order chi connectivity index (χ0) is 15.2. The first-order valence-electron chi connectivity index (χ1n) is 7.26. The molecule has 1 aliphatic rings. The van der Waals surface area contributed by atoms with Crippen molar-refractivity contribution in [3.05, 3.63) is 35.4 Å². The lowest BCUT2D eigenvalue weighted by molar-refractivity contribution is -0.131. The molecule has 1 saturated heterocycles. The number of thiocarbonyl (C=S) groups is 1. The van der Waals surface area contributed by atoms with Crippen molar-refractivity contribution < 1.29 is 4.79 Å². The van der Waals surface area contributed by atoms with Crippen molar-refractivity contribution in [2.75, 3.05) is 18.6 Å². The molecule has 1 aromatic rings. The molecule has 1 heterocycles. The van der Waals surface area contributed by atoms with Crippen LogP contribution in [0.1, 0.15) is 30.4 Å². The highest BCUT2D eigenvalue weighted by Crippen LogP contribution is 2.25. The molecular weight excluding hydrogens is 300 g/mol. The number of carbonyl (C=O) groups excluding carboxylic acids is 1. The molecule has 0 saturated carbocycles. The molecule has 0 bridgehead atoms. The Morgan fingerprint density at radius 3 is 2.81 bits per heavy atom. The van der Waals surface area contributed by atoms with E-state index in [1.165, 1.54) is 24.3 Å². The highest BCUT2D eigenvalue weighted by Gasteiger charge is 2.19. The summed E-state index contributed by atoms with van der Waals surface area (Å²) in [5, 5.41) is 0. The van der Waals surface area contributed by atoms with Gasteiger partial charge in [0, 0.05) is 25.6 Å². The fraction of sp³-hybridized carbons (Fsp3) is 0.500. The summed E-state index contributed by atoms with van der Waals surface area (Å²) in [6, 6.07) is 7.79. The minimum Gasteiger partial charge on any atom is -0.389 e. The Kier molecular flexibility index (Phi) is 6.06. The van der Waals surface area contributed by atoms with Crippen LogP contribution in [-0.4, -0.2) is 34.3 Å². The second kappa shape index (κ2) is 7.80. The molecular formula is C16H22N2OS2. The van der Waals surface area contributed by atoms with E-state index in [0.29, 0.717) is 23.9 Å². The van der Waals surface area contributed by atoms with Crippen LogP contribution in [0.25, 0.3) is 0 Å². The Bertz CT molecular complexity index is 513. The van der Waals surface area contributed by atoms with E-state index >= 15 is 0 Å². The van der Waals surface area contributed by atoms with E-state index in [4.69, 9.17) is 18.0 Å². The van der Waals surface area contributed by atoms with Gasteiger partial charge in [-0.2, -0.15) is 11.8 Å². The van der Waals surface area contributed by atoms with E-state index in [2.05, 4.69) is 0 Å². The third-order valence-corrected chi connectivity index (χ3v) is 5.15. The Morgan fingerprint density at radius 2 is 2.14 bits per heavy atom. The predicted octanol–water partition coefficient (Wildman–Crippen LogP) is 2.81. The maximum atomic E-state index is 12.3. The molecule has 2 rings (SSSR count). The van der Waals surface area contributed by atoms with Gasteiger partial charge in [0.25, 0.3) is 0 Å². The minimum absolute atomic E-state index is 0.229. The van der Waals surface area contributed by atoms with Gasteiger partial charge in [0.05, 0.1) is 0 Å². The van der Waals surface area contributed by atoms with Gasteiger partial charge < -0.3 is 10.6 Å². The Morgan fingerprint density at radius 1 is 1.43 bits per heavy atom. The van der Waals surface area contributed by atoms with E-state index in [1.807, 2.05) is 43.1 Å². The molecule has 1 amide bonds. The van der Waals surface area contributed by atoms with Crippen molar-refractivity contribution in [3.8, 4) is 0 Å². The molecule has 1 fully saturated rings. The zero-order valence-electron chi connectivity index (χ0n) is 12.4. The summed E-state index contributed by atoms with van der Waals surface area (Å²) in [6.07, 6.45) is 3.01. The van der Waals surface area contributed by atoms with Gasteiger partial charge >= 0.3 is 0 Å². The molecule has 1 aliphatic heterocycles. The summed E-state index contributed by atoms with van der Waals surface area (Å²) < 4.78 is 0. The van der Waals surface area contributed by atoms with Crippen LogP contribution in [-0.2, 0) is 11.3 Å². The summed E-state index contributed by atoms with van der Waals surface area (Å²) >= 11 is 6.98. The fourth-order valence-corrected chi connectivity index (χ4v) is 3.87. The van der Waals surface area contributed by atoms with E-state index in [0.717, 1.165) is 11.1 Å². The number of nitrogens with zero attached hydrogens (tertiary/aromatic N) is 1. The van der Waals surface area contributed by atoms with Crippen molar-refractivity contribution in [3.63, 3.8) is 0 Å². The second-order valence-electron chi connectivity index (χ2n) is 5.57. The monoisotopic (exact) mass is 322 g/mol. The predicted molar refractivity (Wildman–Crippen MR) is 93.5 cm³/mol. The first kappa shape index (κ1) is 16.3. The average molecular weight is 322 g/mol. The van der Waals surface area contributed by atoms with Crippen LogP contribution in [0.5, 0.6) is 0 Å². The quantitative estimate of drug-likeness (QED) is 0.847. The fourth-order valence-electron chi connectivity index (χ4n) is 2.54. The van der Waals surface area contributed by atoms with Crippen LogP contribution in [0, 0.1) is 5.92 Å². The molecule has 2 N–H and O–H groups in total. The number of nitrogens with two attached hydrogens (primary N) is 1. The Hall–Kier alpha value is -1.07. The maximum absolute atomic E-state index is 12.3. The first-order chi connectivity index (χ1) is 10.1. The van der Waals surface area contributed by atoms with Gasteiger partial charge in [-0.25, -0.2) is 0 Å². The Labute approximate surface area is 136 Å². The van der Waals surface area contributed by atoms with E-state index in [-0.39, 0.29) is 5.91 Å². The zero-order valence-corrected chi connectivity index (χ0v) is 14.0. The van der Waals surface area contributed by atoms with Crippen molar-refractivity contribution in [2.45, 2.75) is 25.8 Å². The number of rotatable bonds is 5. The largest absolute Gasteiger partial charge is 0.389 e. The highest BCUT2D eigenvalue weighted by molar-refractivity contribution is 7.99. The van der Waals surface area contributed by atoms with Crippen LogP contribution in [0.2, 0.25) is 0 Å². The summed E-state index contributed by atoms with van der Waals surface area (Å²) in [5.74, 6) is 3.17. The molecule has 0 spiro atoms. The number of hydrogen-bond donors (Lipinski definition) is 1. The smallest absolute Gasteiger partial charge is 0.222 e. The van der Waals surface area contributed by atoms with Gasteiger partial charge in [0.2, 0.25) is 5.91 Å². The summed E-state index contributed by atoms with van der Waals surface area (Å²) in [7, 11) is 1.87. The van der Waals surface area contributed by atoms with Crippen molar-refractivity contribution in [1.29, 1.82) is 0 Å². The van der Waals surface area contributed by atoms with Crippen LogP contribution in [0.3, 0.4) is 0 Å². The van der Waals surface area contributed by atoms with Crippen LogP contribution < -0.4 is 5.73 Å². The van der Waals surface area contributed by atoms with Gasteiger partial charge in [-0.15, -0.1) is 0 Å². The molecule has 0 aliphatic carbocycles. The third-order valence-electron chi connectivity index (χ3n) is 3.86. The normalized spacial score (nSPS) is 15.7. The van der Waals surface area contributed by atoms with E-state index in [1.54, 1.807) is 4.90 Å². The van der Waals surface area contributed by atoms with Crippen LogP contribution in [0.4, 0.5) is 0 Å². The van der Waals surface area contributed by atoms with Crippen molar-refractivity contribution >= 4 is 34.9 Å². The van der Waals surface area contributed by atoms with E-state index < -0.39 is 0 Å². The van der Waals surface area contributed by atoms with Gasteiger partial charge in [0.1, 0.15) is 4.99 Å². The molecule has 0 atom stereocenters. The van der Waals surface area contributed by atoms with Gasteiger partial charge in [-0.1, -0.05) is 30.4 Å². The Balaban J connectivity index is 1.90. The number of amides is 1. The summed E-state index contributed by atoms with van der Waals surface area (Å²) in [6.45, 7) is 0.608. The third kappa shape index (κ3) is 5.00. The van der Waals surface area contributed by atoms with Gasteiger partial charge in [-0.3, -0.25) is 4.79 Å². The lowest BCUT2D eigenvalue weighted by atomic mass is 9.98. The van der Waals surface area contributed by atoms with E-state index in [9.17, 15) is 4.79 Å². The number of hydrogen-bond acceptors (Lipinski definition) is 3. The molecule has 3 nitrogen and oxygen atoms in total. The second-order valence-corrected chi connectivity index (χ2v) is 7.24. The highest BCUT2D eigenvalue weighted by atomic mass is 32.2. The topological polar surface area (TPSA) is 46.3 Å². The lowest BCUT2D eigenvalue weighted by Gasteiger charge is -2.24. The summed E-state index contributed by atoms with van der Waals surface area (Å²) in [4.78, 5) is 14.5. The lowest BCUT2D eigenvalue weighted by Crippen LogP contribution is -2.29. The van der Waals surface area contributed by atoms with Crippen molar-refractivity contribution in [2.24, 2.45) is 11.7 Å². The molecule has 114 valence electrons. The molecule has 5 heteroatoms. The van der Waals surface area contributed by atoms with Gasteiger partial charge in [-0.05, 0) is 41.9 Å². The minimum atomic E-state index is 0.229. The van der Waals surface area contributed by atoms with Gasteiger partial charge in [0.15, 0.2) is 0 Å². The molecule has 21 heavy (non-hydrogen) atoms. The van der Waals surface area contributed by atoms with Crippen molar-refractivity contribution in [1.82, 2.24) is 4.90 Å². The number of benzene rings is 1.